The Morgan fingerprint density at radius 3 is 2.10 bits per heavy atom. The van der Waals surface area contributed by atoms with Gasteiger partial charge < -0.3 is 9.80 Å². The number of anilines is 2. The molecule has 0 amide bonds. The molecule has 0 atom stereocenters. The van der Waals surface area contributed by atoms with E-state index in [0.29, 0.717) is 5.56 Å². The highest BCUT2D eigenvalue weighted by Crippen LogP contribution is 2.22. The molecular formula is C17H16ClN3. The summed E-state index contributed by atoms with van der Waals surface area (Å²) >= 11 is 5.93. The first kappa shape index (κ1) is 13.8. The smallest absolute Gasteiger partial charge is 0.0992 e. The van der Waals surface area contributed by atoms with Gasteiger partial charge in [0, 0.05) is 42.6 Å². The predicted molar refractivity (Wildman–Crippen MR) is 87.0 cm³/mol. The van der Waals surface area contributed by atoms with Crippen molar-refractivity contribution in [2.45, 2.75) is 0 Å². The van der Waals surface area contributed by atoms with Gasteiger partial charge in [0.05, 0.1) is 11.6 Å². The van der Waals surface area contributed by atoms with Crippen molar-refractivity contribution in [2.75, 3.05) is 36.0 Å². The first-order valence-corrected chi connectivity index (χ1v) is 7.40. The van der Waals surface area contributed by atoms with E-state index in [2.05, 4.69) is 34.1 Å². The van der Waals surface area contributed by atoms with Crippen LogP contribution in [0, 0.1) is 11.3 Å². The summed E-state index contributed by atoms with van der Waals surface area (Å²) in [5.74, 6) is 0. The number of hydrogen-bond acceptors (Lipinski definition) is 3. The molecular weight excluding hydrogens is 282 g/mol. The molecule has 2 aromatic carbocycles. The van der Waals surface area contributed by atoms with Gasteiger partial charge in [-0.1, -0.05) is 17.7 Å². The Labute approximate surface area is 130 Å². The molecule has 1 aliphatic heterocycles. The first-order chi connectivity index (χ1) is 10.3. The summed E-state index contributed by atoms with van der Waals surface area (Å²) in [6.45, 7) is 3.85. The first-order valence-electron chi connectivity index (χ1n) is 7.02. The van der Waals surface area contributed by atoms with Crippen LogP contribution in [0.1, 0.15) is 5.56 Å². The Morgan fingerprint density at radius 2 is 1.48 bits per heavy atom. The Balaban J connectivity index is 1.67. The monoisotopic (exact) mass is 297 g/mol. The summed E-state index contributed by atoms with van der Waals surface area (Å²) in [6, 6.07) is 18.0. The normalized spacial score (nSPS) is 14.9. The molecule has 106 valence electrons. The molecule has 3 nitrogen and oxygen atoms in total. The lowest BCUT2D eigenvalue weighted by molar-refractivity contribution is 0.653. The quantitative estimate of drug-likeness (QED) is 0.849. The third-order valence-corrected chi connectivity index (χ3v) is 4.06. The molecule has 1 fully saturated rings. The van der Waals surface area contributed by atoms with Gasteiger partial charge in [-0.25, -0.2) is 0 Å². The molecule has 1 heterocycles. The standard InChI is InChI=1S/C17H16ClN3/c18-15-4-6-16(7-5-15)20-8-10-21(11-9-20)17-3-1-2-14(12-17)13-19/h1-7,12H,8-11H2. The van der Waals surface area contributed by atoms with Crippen molar-refractivity contribution >= 4 is 23.0 Å². The van der Waals surface area contributed by atoms with Gasteiger partial charge in [-0.3, -0.25) is 0 Å². The van der Waals surface area contributed by atoms with Crippen molar-refractivity contribution in [1.29, 1.82) is 5.26 Å². The van der Waals surface area contributed by atoms with Gasteiger partial charge in [0.15, 0.2) is 0 Å². The second-order valence-electron chi connectivity index (χ2n) is 5.11. The maximum atomic E-state index is 8.99. The fourth-order valence-electron chi connectivity index (χ4n) is 2.65. The number of halogens is 1. The van der Waals surface area contributed by atoms with Gasteiger partial charge >= 0.3 is 0 Å². The molecule has 1 aliphatic rings. The average Bonchev–Trinajstić information content (AvgIpc) is 2.56. The van der Waals surface area contributed by atoms with Gasteiger partial charge in [0.25, 0.3) is 0 Å². The van der Waals surface area contributed by atoms with Crippen LogP contribution in [0.15, 0.2) is 48.5 Å². The van der Waals surface area contributed by atoms with Crippen molar-refractivity contribution in [1.82, 2.24) is 0 Å². The van der Waals surface area contributed by atoms with Gasteiger partial charge in [-0.15, -0.1) is 0 Å². The Bertz CT molecular complexity index is 652. The van der Waals surface area contributed by atoms with Crippen LogP contribution in [0.25, 0.3) is 0 Å². The minimum atomic E-state index is 0.715. The van der Waals surface area contributed by atoms with Crippen LogP contribution in [0.4, 0.5) is 11.4 Å². The van der Waals surface area contributed by atoms with Crippen LogP contribution in [-0.2, 0) is 0 Å². The lowest BCUT2D eigenvalue weighted by Gasteiger charge is -2.37. The van der Waals surface area contributed by atoms with Crippen LogP contribution in [0.3, 0.4) is 0 Å². The average molecular weight is 298 g/mol. The lowest BCUT2D eigenvalue weighted by Crippen LogP contribution is -2.46. The van der Waals surface area contributed by atoms with Crippen molar-refractivity contribution in [2.24, 2.45) is 0 Å². The molecule has 0 aliphatic carbocycles. The molecule has 0 N–H and O–H groups in total. The highest BCUT2D eigenvalue weighted by atomic mass is 35.5. The van der Waals surface area contributed by atoms with E-state index in [0.717, 1.165) is 36.9 Å². The molecule has 0 radical (unpaired) electrons. The summed E-state index contributed by atoms with van der Waals surface area (Å²) < 4.78 is 0. The fourth-order valence-corrected chi connectivity index (χ4v) is 2.77. The van der Waals surface area contributed by atoms with E-state index in [-0.39, 0.29) is 0 Å². The van der Waals surface area contributed by atoms with E-state index in [1.165, 1.54) is 5.69 Å². The van der Waals surface area contributed by atoms with Gasteiger partial charge in [-0.2, -0.15) is 5.26 Å². The SMILES string of the molecule is N#Cc1cccc(N2CCN(c3ccc(Cl)cc3)CC2)c1. The van der Waals surface area contributed by atoms with Crippen molar-refractivity contribution in [3.63, 3.8) is 0 Å². The van der Waals surface area contributed by atoms with E-state index in [1.54, 1.807) is 0 Å². The maximum Gasteiger partial charge on any atom is 0.0992 e. The topological polar surface area (TPSA) is 30.3 Å². The van der Waals surface area contributed by atoms with E-state index in [1.807, 2.05) is 30.3 Å². The summed E-state index contributed by atoms with van der Waals surface area (Å²) in [5, 5.41) is 9.76. The summed E-state index contributed by atoms with van der Waals surface area (Å²) in [5.41, 5.74) is 3.06. The molecule has 3 rings (SSSR count). The molecule has 0 aromatic heterocycles. The van der Waals surface area contributed by atoms with Crippen LogP contribution >= 0.6 is 11.6 Å². The number of nitriles is 1. The Hall–Kier alpha value is -2.18. The summed E-state index contributed by atoms with van der Waals surface area (Å²) in [4.78, 5) is 4.69. The number of benzene rings is 2. The number of rotatable bonds is 2. The van der Waals surface area contributed by atoms with Crippen molar-refractivity contribution < 1.29 is 0 Å². The van der Waals surface area contributed by atoms with E-state index in [9.17, 15) is 0 Å². The molecule has 0 bridgehead atoms. The van der Waals surface area contributed by atoms with Gasteiger partial charge in [-0.05, 0) is 42.5 Å². The zero-order valence-corrected chi connectivity index (χ0v) is 12.4. The van der Waals surface area contributed by atoms with Crippen LogP contribution in [0.5, 0.6) is 0 Å². The van der Waals surface area contributed by atoms with Crippen LogP contribution < -0.4 is 9.80 Å². The lowest BCUT2D eigenvalue weighted by atomic mass is 10.1. The minimum absolute atomic E-state index is 0.715. The zero-order chi connectivity index (χ0) is 14.7. The van der Waals surface area contributed by atoms with Crippen LogP contribution in [-0.4, -0.2) is 26.2 Å². The maximum absolute atomic E-state index is 8.99. The molecule has 0 unspecified atom stereocenters. The highest BCUT2D eigenvalue weighted by Gasteiger charge is 2.17. The molecule has 4 heteroatoms. The van der Waals surface area contributed by atoms with Gasteiger partial charge in [0.1, 0.15) is 0 Å². The summed E-state index contributed by atoms with van der Waals surface area (Å²) in [6.07, 6.45) is 0. The summed E-state index contributed by atoms with van der Waals surface area (Å²) in [7, 11) is 0. The second-order valence-corrected chi connectivity index (χ2v) is 5.55. The molecule has 0 spiro atoms. The van der Waals surface area contributed by atoms with E-state index >= 15 is 0 Å². The minimum Gasteiger partial charge on any atom is -0.368 e. The highest BCUT2D eigenvalue weighted by molar-refractivity contribution is 6.30. The predicted octanol–water partition coefficient (Wildman–Crippen LogP) is 3.54. The largest absolute Gasteiger partial charge is 0.368 e. The molecule has 1 saturated heterocycles. The van der Waals surface area contributed by atoms with Crippen molar-refractivity contribution in [3.05, 3.63) is 59.1 Å². The number of nitrogens with zero attached hydrogens (tertiary/aromatic N) is 3. The van der Waals surface area contributed by atoms with Crippen molar-refractivity contribution in [3.8, 4) is 6.07 Å². The molecule has 21 heavy (non-hydrogen) atoms. The zero-order valence-electron chi connectivity index (χ0n) is 11.7. The van der Waals surface area contributed by atoms with E-state index < -0.39 is 0 Å². The van der Waals surface area contributed by atoms with E-state index in [4.69, 9.17) is 16.9 Å². The van der Waals surface area contributed by atoms with Crippen LogP contribution in [0.2, 0.25) is 5.02 Å². The Morgan fingerprint density at radius 1 is 0.857 bits per heavy atom. The Kier molecular flexibility index (Phi) is 3.98. The van der Waals surface area contributed by atoms with Gasteiger partial charge in [0.2, 0.25) is 0 Å². The third-order valence-electron chi connectivity index (χ3n) is 3.81. The second kappa shape index (κ2) is 6.07. The molecule has 2 aromatic rings. The molecule has 0 saturated carbocycles. The number of piperazine rings is 1. The fraction of sp³-hybridized carbons (Fsp3) is 0.235. The number of hydrogen-bond donors (Lipinski definition) is 0. The third kappa shape index (κ3) is 3.12.